The van der Waals surface area contributed by atoms with E-state index in [0.29, 0.717) is 17.1 Å². The van der Waals surface area contributed by atoms with Crippen molar-refractivity contribution in [2.45, 2.75) is 32.5 Å². The van der Waals surface area contributed by atoms with E-state index in [-0.39, 0.29) is 30.6 Å². The van der Waals surface area contributed by atoms with Crippen LogP contribution in [0.2, 0.25) is 0 Å². The van der Waals surface area contributed by atoms with E-state index >= 15 is 0 Å². The molecule has 0 saturated heterocycles. The Kier molecular flexibility index (Phi) is 10.3. The number of carbonyl (C=O) groups excluding carboxylic acids is 3. The zero-order valence-corrected chi connectivity index (χ0v) is 25.6. The van der Waals surface area contributed by atoms with Gasteiger partial charge in [0.1, 0.15) is 11.4 Å². The zero-order chi connectivity index (χ0) is 30.2. The summed E-state index contributed by atoms with van der Waals surface area (Å²) in [5, 5.41) is 7.82. The lowest BCUT2D eigenvalue weighted by atomic mass is 10.0. The third-order valence-corrected chi connectivity index (χ3v) is 7.50. The van der Waals surface area contributed by atoms with Gasteiger partial charge in [-0.25, -0.2) is 0 Å². The molecule has 0 bridgehead atoms. The van der Waals surface area contributed by atoms with Crippen LogP contribution in [0.3, 0.4) is 0 Å². The average Bonchev–Trinajstić information content (AvgIpc) is 3.01. The highest BCUT2D eigenvalue weighted by Gasteiger charge is 2.27. The summed E-state index contributed by atoms with van der Waals surface area (Å²) in [6, 6.07) is 21.3. The van der Waals surface area contributed by atoms with Crippen LogP contribution >= 0.6 is 15.9 Å². The van der Waals surface area contributed by atoms with Crippen LogP contribution in [-0.2, 0) is 16.1 Å². The minimum absolute atomic E-state index is 0.146. The average molecular weight is 633 g/mol. The fourth-order valence-corrected chi connectivity index (χ4v) is 5.10. The number of para-hydroxylation sites is 2. The zero-order valence-electron chi connectivity index (χ0n) is 24.0. The molecule has 42 heavy (non-hydrogen) atoms. The topological polar surface area (TPSA) is 104 Å². The van der Waals surface area contributed by atoms with Crippen LogP contribution in [0.25, 0.3) is 10.8 Å². The standard InChI is InChI=1S/C32H34BrN5O4/c1-21(36-31(40)22(2)34-3)18-38(32(41)27-9-7-8-16-35-27)29-11-6-5-10-28(29)37(20-39)19-26-25-14-13-24(33)17-23(25)12-15-30(26)42-4/h5-17,20-22,34H,18-19H2,1-4H3,(H,36,40)/t21?,22-/m0/s1. The van der Waals surface area contributed by atoms with E-state index in [2.05, 4.69) is 31.5 Å². The summed E-state index contributed by atoms with van der Waals surface area (Å²) in [5.41, 5.74) is 2.10. The molecule has 2 atom stereocenters. The number of likely N-dealkylation sites (N-methyl/N-ethyl adjacent to an activating group) is 1. The number of anilines is 2. The number of carbonyl (C=O) groups is 3. The van der Waals surface area contributed by atoms with Gasteiger partial charge in [-0.05, 0) is 74.1 Å². The predicted octanol–water partition coefficient (Wildman–Crippen LogP) is 4.93. The number of aromatic nitrogens is 1. The fourth-order valence-electron chi connectivity index (χ4n) is 4.72. The smallest absolute Gasteiger partial charge is 0.276 e. The molecule has 3 amide bonds. The molecular formula is C32H34BrN5O4. The molecule has 0 aliphatic carbocycles. The van der Waals surface area contributed by atoms with Crippen LogP contribution < -0.4 is 25.2 Å². The van der Waals surface area contributed by atoms with Gasteiger partial charge in [-0.2, -0.15) is 0 Å². The molecule has 3 aromatic carbocycles. The maximum Gasteiger partial charge on any atom is 0.276 e. The van der Waals surface area contributed by atoms with Crippen molar-refractivity contribution in [3.8, 4) is 5.75 Å². The maximum atomic E-state index is 13.9. The lowest BCUT2D eigenvalue weighted by Gasteiger charge is -2.31. The van der Waals surface area contributed by atoms with Crippen molar-refractivity contribution >= 4 is 56.3 Å². The van der Waals surface area contributed by atoms with Crippen LogP contribution in [0.5, 0.6) is 5.75 Å². The van der Waals surface area contributed by atoms with Crippen molar-refractivity contribution < 1.29 is 19.1 Å². The number of methoxy groups -OCH3 is 1. The molecule has 218 valence electrons. The van der Waals surface area contributed by atoms with Crippen molar-refractivity contribution in [3.63, 3.8) is 0 Å². The lowest BCUT2D eigenvalue weighted by Crippen LogP contribution is -2.49. The van der Waals surface area contributed by atoms with E-state index in [9.17, 15) is 14.4 Å². The summed E-state index contributed by atoms with van der Waals surface area (Å²) >= 11 is 3.53. The van der Waals surface area contributed by atoms with E-state index < -0.39 is 12.1 Å². The minimum Gasteiger partial charge on any atom is -0.496 e. The Morgan fingerprint density at radius 2 is 1.76 bits per heavy atom. The fraction of sp³-hybridized carbons (Fsp3) is 0.250. The number of halogens is 1. The molecule has 0 radical (unpaired) electrons. The second-order valence-electron chi connectivity index (χ2n) is 9.88. The number of benzene rings is 3. The maximum absolute atomic E-state index is 13.9. The number of ether oxygens (including phenoxy) is 1. The molecule has 4 rings (SSSR count). The van der Waals surface area contributed by atoms with Gasteiger partial charge in [0, 0.05) is 28.8 Å². The number of nitrogens with one attached hydrogen (secondary N) is 2. The summed E-state index contributed by atoms with van der Waals surface area (Å²) < 4.78 is 6.63. The Morgan fingerprint density at radius 3 is 2.43 bits per heavy atom. The van der Waals surface area contributed by atoms with E-state index in [1.165, 1.54) is 0 Å². The number of hydrogen-bond donors (Lipinski definition) is 2. The Labute approximate surface area is 254 Å². The van der Waals surface area contributed by atoms with Crippen LogP contribution in [0.1, 0.15) is 29.9 Å². The first-order valence-corrected chi connectivity index (χ1v) is 14.3. The third kappa shape index (κ3) is 6.95. The summed E-state index contributed by atoms with van der Waals surface area (Å²) in [6.45, 7) is 3.93. The molecule has 0 saturated carbocycles. The van der Waals surface area contributed by atoms with Gasteiger partial charge in [0.2, 0.25) is 12.3 Å². The Balaban J connectivity index is 1.76. The van der Waals surface area contributed by atoms with Gasteiger partial charge < -0.3 is 25.2 Å². The molecule has 1 heterocycles. The Morgan fingerprint density at radius 1 is 1.02 bits per heavy atom. The number of nitrogens with zero attached hydrogens (tertiary/aromatic N) is 3. The molecule has 9 nitrogen and oxygen atoms in total. The highest BCUT2D eigenvalue weighted by molar-refractivity contribution is 9.10. The highest BCUT2D eigenvalue weighted by atomic mass is 79.9. The van der Waals surface area contributed by atoms with Crippen LogP contribution in [0.15, 0.2) is 83.5 Å². The molecule has 1 unspecified atom stereocenters. The Bertz CT molecular complexity index is 1570. The van der Waals surface area contributed by atoms with Gasteiger partial charge in [-0.15, -0.1) is 0 Å². The molecule has 0 spiro atoms. The summed E-state index contributed by atoms with van der Waals surface area (Å²) in [4.78, 5) is 46.6. The number of hydrogen-bond acceptors (Lipinski definition) is 6. The van der Waals surface area contributed by atoms with Crippen molar-refractivity contribution in [2.75, 3.05) is 30.5 Å². The van der Waals surface area contributed by atoms with Gasteiger partial charge in [0.15, 0.2) is 0 Å². The van der Waals surface area contributed by atoms with Gasteiger partial charge >= 0.3 is 0 Å². The summed E-state index contributed by atoms with van der Waals surface area (Å²) in [6.07, 6.45) is 2.30. The molecule has 2 N–H and O–H groups in total. The second kappa shape index (κ2) is 14.1. The molecule has 1 aromatic heterocycles. The third-order valence-electron chi connectivity index (χ3n) is 7.01. The van der Waals surface area contributed by atoms with E-state index in [1.54, 1.807) is 67.4 Å². The second-order valence-corrected chi connectivity index (χ2v) is 10.8. The predicted molar refractivity (Wildman–Crippen MR) is 169 cm³/mol. The lowest BCUT2D eigenvalue weighted by molar-refractivity contribution is -0.123. The van der Waals surface area contributed by atoms with Gasteiger partial charge in [0.25, 0.3) is 5.91 Å². The normalized spacial score (nSPS) is 12.3. The SMILES string of the molecule is CN[C@@H](C)C(=O)NC(C)CN(C(=O)c1ccccn1)c1ccccc1N(C=O)Cc1c(OC)ccc2cc(Br)ccc12. The number of rotatable bonds is 12. The minimum atomic E-state index is -0.407. The van der Waals surface area contributed by atoms with Crippen molar-refractivity contribution in [2.24, 2.45) is 0 Å². The largest absolute Gasteiger partial charge is 0.496 e. The number of pyridine rings is 1. The van der Waals surface area contributed by atoms with Gasteiger partial charge in [-0.3, -0.25) is 19.4 Å². The molecular weight excluding hydrogens is 598 g/mol. The first kappa shape index (κ1) is 30.7. The monoisotopic (exact) mass is 631 g/mol. The molecule has 0 aliphatic heterocycles. The van der Waals surface area contributed by atoms with Gasteiger partial charge in [0.05, 0.1) is 31.1 Å². The molecule has 0 aliphatic rings. The van der Waals surface area contributed by atoms with Crippen molar-refractivity contribution in [1.29, 1.82) is 0 Å². The summed E-state index contributed by atoms with van der Waals surface area (Å²) in [5.74, 6) is 0.0996. The molecule has 10 heteroatoms. The van der Waals surface area contributed by atoms with Crippen LogP contribution in [0.4, 0.5) is 11.4 Å². The summed E-state index contributed by atoms with van der Waals surface area (Å²) in [7, 11) is 3.31. The van der Waals surface area contributed by atoms with E-state index in [4.69, 9.17) is 4.74 Å². The van der Waals surface area contributed by atoms with Crippen molar-refractivity contribution in [3.05, 3.63) is 94.7 Å². The number of amides is 3. The van der Waals surface area contributed by atoms with Crippen LogP contribution in [0, 0.1) is 0 Å². The first-order chi connectivity index (χ1) is 20.3. The van der Waals surface area contributed by atoms with E-state index in [0.717, 1.165) is 27.2 Å². The number of fused-ring (bicyclic) bond motifs is 1. The van der Waals surface area contributed by atoms with E-state index in [1.807, 2.05) is 49.4 Å². The van der Waals surface area contributed by atoms with Gasteiger partial charge in [-0.1, -0.05) is 46.3 Å². The first-order valence-electron chi connectivity index (χ1n) is 13.5. The quantitative estimate of drug-likeness (QED) is 0.215. The molecule has 0 fully saturated rings. The van der Waals surface area contributed by atoms with Crippen molar-refractivity contribution in [1.82, 2.24) is 15.6 Å². The Hall–Kier alpha value is -4.28. The van der Waals surface area contributed by atoms with Crippen LogP contribution in [-0.4, -0.2) is 56.0 Å². The molecule has 4 aromatic rings. The highest BCUT2D eigenvalue weighted by Crippen LogP contribution is 2.35.